The highest BCUT2D eigenvalue weighted by Crippen LogP contribution is 2.37. The van der Waals surface area contributed by atoms with E-state index in [1.165, 1.54) is 23.6 Å². The molecule has 1 aromatic rings. The van der Waals surface area contributed by atoms with Gasteiger partial charge in [-0.2, -0.15) is 4.31 Å². The van der Waals surface area contributed by atoms with Gasteiger partial charge >= 0.3 is 0 Å². The van der Waals surface area contributed by atoms with Gasteiger partial charge in [-0.3, -0.25) is 4.79 Å². The zero-order valence-corrected chi connectivity index (χ0v) is 20.3. The van der Waals surface area contributed by atoms with Gasteiger partial charge in [-0.05, 0) is 49.8 Å². The molecule has 2 heterocycles. The van der Waals surface area contributed by atoms with Crippen molar-refractivity contribution >= 4 is 21.6 Å². The molecule has 3 aliphatic rings. The summed E-state index contributed by atoms with van der Waals surface area (Å²) in [5.41, 5.74) is 1.35. The molecule has 2 aliphatic heterocycles. The number of hydrogen-bond acceptors (Lipinski definition) is 5. The van der Waals surface area contributed by atoms with Crippen LogP contribution >= 0.6 is 0 Å². The van der Waals surface area contributed by atoms with Crippen molar-refractivity contribution in [3.8, 4) is 0 Å². The Labute approximate surface area is 192 Å². The molecular formula is C24H37N3O4S. The lowest BCUT2D eigenvalue weighted by Gasteiger charge is -2.44. The van der Waals surface area contributed by atoms with Gasteiger partial charge in [0.25, 0.3) is 5.91 Å². The number of carbonyl (C=O) groups excluding carboxylic acids is 1. The van der Waals surface area contributed by atoms with Crippen LogP contribution in [0.5, 0.6) is 0 Å². The maximum atomic E-state index is 14.0. The first-order valence-electron chi connectivity index (χ1n) is 12.2. The summed E-state index contributed by atoms with van der Waals surface area (Å²) in [6, 6.07) is 5.41. The number of likely N-dealkylation sites (tertiary alicyclic amines) is 1. The number of rotatable bonds is 6. The van der Waals surface area contributed by atoms with E-state index in [2.05, 4.69) is 9.80 Å². The lowest BCUT2D eigenvalue weighted by molar-refractivity contribution is 0.0390. The average Bonchev–Trinajstić information content (AvgIpc) is 2.84. The minimum atomic E-state index is -3.64. The first kappa shape index (κ1) is 23.5. The quantitative estimate of drug-likeness (QED) is 0.647. The highest BCUT2D eigenvalue weighted by Gasteiger charge is 2.37. The molecular weight excluding hydrogens is 426 g/mol. The summed E-state index contributed by atoms with van der Waals surface area (Å²) in [6.07, 6.45) is 6.89. The van der Waals surface area contributed by atoms with Gasteiger partial charge in [0.2, 0.25) is 10.0 Å². The van der Waals surface area contributed by atoms with Crippen molar-refractivity contribution in [1.29, 1.82) is 0 Å². The average molecular weight is 464 g/mol. The number of sulfonamides is 1. The van der Waals surface area contributed by atoms with Crippen molar-refractivity contribution in [2.75, 3.05) is 50.8 Å². The second kappa shape index (κ2) is 10.1. The van der Waals surface area contributed by atoms with Gasteiger partial charge in [-0.1, -0.05) is 26.7 Å². The SMILES string of the molecule is CCN(CC)S(=O)(=O)c1ccc(N2CCOCC2)c(C(=O)N2CCCC3CCCCC32)c1. The summed E-state index contributed by atoms with van der Waals surface area (Å²) >= 11 is 0. The Morgan fingerprint density at radius 2 is 1.72 bits per heavy atom. The van der Waals surface area contributed by atoms with Gasteiger partial charge in [0.1, 0.15) is 0 Å². The van der Waals surface area contributed by atoms with Crippen LogP contribution in [0.3, 0.4) is 0 Å². The van der Waals surface area contributed by atoms with Gasteiger partial charge in [0.05, 0.1) is 23.7 Å². The van der Waals surface area contributed by atoms with E-state index in [0.29, 0.717) is 50.9 Å². The molecule has 4 rings (SSSR count). The normalized spacial score (nSPS) is 24.5. The number of amides is 1. The largest absolute Gasteiger partial charge is 0.378 e. The molecule has 1 aliphatic carbocycles. The molecule has 8 heteroatoms. The molecule has 0 bridgehead atoms. The van der Waals surface area contributed by atoms with E-state index >= 15 is 0 Å². The second-order valence-corrected chi connectivity index (χ2v) is 11.1. The summed E-state index contributed by atoms with van der Waals surface area (Å²) in [5.74, 6) is 0.565. The molecule has 3 fully saturated rings. The van der Waals surface area contributed by atoms with Gasteiger partial charge in [0, 0.05) is 44.5 Å². The molecule has 0 aromatic heterocycles. The van der Waals surface area contributed by atoms with E-state index in [1.807, 2.05) is 19.9 Å². The lowest BCUT2D eigenvalue weighted by Crippen LogP contribution is -2.50. The van der Waals surface area contributed by atoms with Gasteiger partial charge in [0.15, 0.2) is 0 Å². The first-order chi connectivity index (χ1) is 15.5. The Kier molecular flexibility index (Phi) is 7.42. The summed E-state index contributed by atoms with van der Waals surface area (Å²) < 4.78 is 33.4. The summed E-state index contributed by atoms with van der Waals surface area (Å²) in [5, 5.41) is 0. The van der Waals surface area contributed by atoms with Crippen LogP contribution in [0.1, 0.15) is 62.7 Å². The second-order valence-electron chi connectivity index (χ2n) is 9.12. The van der Waals surface area contributed by atoms with E-state index in [-0.39, 0.29) is 16.8 Å². The fourth-order valence-electron chi connectivity index (χ4n) is 5.67. The van der Waals surface area contributed by atoms with E-state index in [9.17, 15) is 13.2 Å². The maximum Gasteiger partial charge on any atom is 0.256 e. The molecule has 0 radical (unpaired) electrons. The van der Waals surface area contributed by atoms with Gasteiger partial charge in [-0.15, -0.1) is 0 Å². The fraction of sp³-hybridized carbons (Fsp3) is 0.708. The van der Waals surface area contributed by atoms with Crippen molar-refractivity contribution in [2.45, 2.75) is 63.3 Å². The van der Waals surface area contributed by atoms with Crippen LogP contribution < -0.4 is 4.90 Å². The zero-order chi connectivity index (χ0) is 22.7. The van der Waals surface area contributed by atoms with Crippen LogP contribution in [0.25, 0.3) is 0 Å². The number of anilines is 1. The minimum absolute atomic E-state index is 0.0142. The Hall–Kier alpha value is -1.64. The number of morpholine rings is 1. The molecule has 1 saturated carbocycles. The summed E-state index contributed by atoms with van der Waals surface area (Å²) in [7, 11) is -3.64. The van der Waals surface area contributed by atoms with Crippen molar-refractivity contribution in [3.63, 3.8) is 0 Å². The van der Waals surface area contributed by atoms with Crippen LogP contribution in [-0.4, -0.2) is 75.5 Å². The molecule has 32 heavy (non-hydrogen) atoms. The van der Waals surface area contributed by atoms with E-state index in [0.717, 1.165) is 31.5 Å². The highest BCUT2D eigenvalue weighted by atomic mass is 32.2. The predicted molar refractivity (Wildman–Crippen MR) is 126 cm³/mol. The molecule has 0 spiro atoms. The van der Waals surface area contributed by atoms with Crippen molar-refractivity contribution < 1.29 is 17.9 Å². The molecule has 178 valence electrons. The van der Waals surface area contributed by atoms with Crippen molar-refractivity contribution in [3.05, 3.63) is 23.8 Å². The fourth-order valence-corrected chi connectivity index (χ4v) is 7.16. The monoisotopic (exact) mass is 463 g/mol. The summed E-state index contributed by atoms with van der Waals surface area (Å²) in [6.45, 7) is 7.88. The topological polar surface area (TPSA) is 70.2 Å². The first-order valence-corrected chi connectivity index (χ1v) is 13.7. The number of piperidine rings is 1. The number of carbonyl (C=O) groups is 1. The van der Waals surface area contributed by atoms with Crippen LogP contribution in [-0.2, 0) is 14.8 Å². The van der Waals surface area contributed by atoms with Crippen LogP contribution in [0.2, 0.25) is 0 Å². The smallest absolute Gasteiger partial charge is 0.256 e. The molecule has 1 amide bonds. The third-order valence-corrected chi connectivity index (χ3v) is 9.44. The molecule has 2 unspecified atom stereocenters. The molecule has 1 aromatic carbocycles. The minimum Gasteiger partial charge on any atom is -0.378 e. The molecule has 2 atom stereocenters. The van der Waals surface area contributed by atoms with Gasteiger partial charge < -0.3 is 14.5 Å². The van der Waals surface area contributed by atoms with Crippen LogP contribution in [0, 0.1) is 5.92 Å². The van der Waals surface area contributed by atoms with Gasteiger partial charge in [-0.25, -0.2) is 8.42 Å². The van der Waals surface area contributed by atoms with Crippen LogP contribution in [0.15, 0.2) is 23.1 Å². The summed E-state index contributed by atoms with van der Waals surface area (Å²) in [4.78, 5) is 18.4. The standard InChI is InChI=1S/C24H37N3O4S/c1-3-26(4-2)32(29,30)20-11-12-23(25-14-16-31-17-15-25)21(18-20)24(28)27-13-7-9-19-8-5-6-10-22(19)27/h11-12,18-19,22H,3-10,13-17H2,1-2H3. The number of hydrogen-bond donors (Lipinski definition) is 0. The Bertz CT molecular complexity index is 908. The number of benzene rings is 1. The maximum absolute atomic E-state index is 14.0. The Morgan fingerprint density at radius 3 is 2.44 bits per heavy atom. The van der Waals surface area contributed by atoms with Crippen molar-refractivity contribution in [1.82, 2.24) is 9.21 Å². The third-order valence-electron chi connectivity index (χ3n) is 7.40. The Morgan fingerprint density at radius 1 is 1.03 bits per heavy atom. The highest BCUT2D eigenvalue weighted by molar-refractivity contribution is 7.89. The Balaban J connectivity index is 1.74. The zero-order valence-electron chi connectivity index (χ0n) is 19.5. The number of ether oxygens (including phenoxy) is 1. The number of nitrogens with zero attached hydrogens (tertiary/aromatic N) is 3. The third kappa shape index (κ3) is 4.54. The van der Waals surface area contributed by atoms with E-state index in [4.69, 9.17) is 4.74 Å². The predicted octanol–water partition coefficient (Wildman–Crippen LogP) is 3.35. The van der Waals surface area contributed by atoms with E-state index in [1.54, 1.807) is 12.1 Å². The number of fused-ring (bicyclic) bond motifs is 1. The lowest BCUT2D eigenvalue weighted by atomic mass is 9.78. The molecule has 0 N–H and O–H groups in total. The van der Waals surface area contributed by atoms with Crippen molar-refractivity contribution in [2.24, 2.45) is 5.92 Å². The molecule has 7 nitrogen and oxygen atoms in total. The molecule has 2 saturated heterocycles. The van der Waals surface area contributed by atoms with E-state index < -0.39 is 10.0 Å². The van der Waals surface area contributed by atoms with Crippen LogP contribution in [0.4, 0.5) is 5.69 Å².